The Bertz CT molecular complexity index is 1650. The second-order valence-electron chi connectivity index (χ2n) is 13.5. The maximum atomic E-state index is 12.5. The first-order valence-corrected chi connectivity index (χ1v) is 19.4. The SMILES string of the molecule is C.C.O=CO.[2H]C([2H])([2H])N1CC(=O)OC(C)CCC/C=C/CCCCC(=O)NC1=NC(=O)OCc1ccccc1.[2H]C([2H])([2H])N1CC(=O)OC(C)CCCCCCCCCC(=O)NC1=N. The van der Waals surface area contributed by atoms with Crippen LogP contribution in [0.3, 0.4) is 0 Å². The average Bonchev–Trinajstić information content (AvgIpc) is 3.19. The van der Waals surface area contributed by atoms with Crippen LogP contribution >= 0.6 is 0 Å². The molecule has 2 unspecified atom stereocenters. The van der Waals surface area contributed by atoms with Gasteiger partial charge in [0.15, 0.2) is 5.96 Å². The number of nitrogens with one attached hydrogen (secondary N) is 3. The Labute approximate surface area is 360 Å². The lowest BCUT2D eigenvalue weighted by Gasteiger charge is -2.21. The van der Waals surface area contributed by atoms with Crippen molar-refractivity contribution in [1.29, 1.82) is 5.41 Å². The highest BCUT2D eigenvalue weighted by molar-refractivity contribution is 6.01. The highest BCUT2D eigenvalue weighted by Crippen LogP contribution is 2.13. The molecule has 1 saturated heterocycles. The summed E-state index contributed by atoms with van der Waals surface area (Å²) in [6.45, 7) is -3.76. The van der Waals surface area contributed by atoms with Gasteiger partial charge < -0.3 is 29.1 Å². The van der Waals surface area contributed by atoms with Gasteiger partial charge in [0.2, 0.25) is 17.8 Å². The number of carbonyl (C=O) groups excluding carboxylic acids is 5. The van der Waals surface area contributed by atoms with E-state index in [0.717, 1.165) is 70.6 Å². The molecule has 0 radical (unpaired) electrons. The minimum atomic E-state index is -2.89. The molecule has 0 spiro atoms. The van der Waals surface area contributed by atoms with Gasteiger partial charge in [0, 0.05) is 35.0 Å². The number of rotatable bonds is 2. The Morgan fingerprint density at radius 1 is 0.814 bits per heavy atom. The van der Waals surface area contributed by atoms with Gasteiger partial charge in [-0.2, -0.15) is 0 Å². The molecule has 2 heterocycles. The van der Waals surface area contributed by atoms with Gasteiger partial charge in [0.05, 0.1) is 12.2 Å². The molecule has 1 fully saturated rings. The zero-order valence-corrected chi connectivity index (χ0v) is 33.2. The molecule has 2 aliphatic heterocycles. The summed E-state index contributed by atoms with van der Waals surface area (Å²) in [5, 5.41) is 19.4. The van der Waals surface area contributed by atoms with Crippen molar-refractivity contribution in [1.82, 2.24) is 20.4 Å². The fraction of sp³-hybridized carbons (Fsp3) is 0.628. The topological polar surface area (TPSA) is 217 Å². The zero-order valence-electron chi connectivity index (χ0n) is 39.2. The van der Waals surface area contributed by atoms with Gasteiger partial charge in [-0.05, 0) is 77.2 Å². The smallest absolute Gasteiger partial charge is 0.437 e. The van der Waals surface area contributed by atoms with Crippen molar-refractivity contribution in [2.45, 2.75) is 150 Å². The number of nitrogens with zero attached hydrogens (tertiary/aromatic N) is 3. The standard InChI is InChI=1S/C24H33N3O5.C16H29N3O3.CH2O2.2CH4/c1-19-13-9-6-4-3-5-7-12-16-21(28)25-23(27(2)17-22(29)32-19)26-24(30)31-18-20-14-10-8-11-15-20;1-13-10-8-6-4-3-5-7-9-11-14(20)18-16(17)19(2)12-15(21)22-13;2-1-3;;/h3-4,8,10-11,14-15,19H,5-7,9,12-13,16-18H2,1-2H3,(H,25,26,28,30);13H,3-12H2,1-2H3,(H2,17,18,20);1H,(H,2,3);2*1H4/b4-3+;;;;/i2*2D3;;;. The van der Waals surface area contributed by atoms with E-state index in [9.17, 15) is 24.0 Å². The molecule has 1 aromatic rings. The number of ether oxygens (including phenoxy) is 3. The van der Waals surface area contributed by atoms with Crippen LogP contribution in [-0.4, -0.2) is 102 Å². The Morgan fingerprint density at radius 2 is 1.31 bits per heavy atom. The van der Waals surface area contributed by atoms with Crippen LogP contribution in [0.15, 0.2) is 47.5 Å². The molecule has 0 bridgehead atoms. The minimum Gasteiger partial charge on any atom is -0.483 e. The zero-order chi connectivity index (χ0) is 47.3. The van der Waals surface area contributed by atoms with Crippen LogP contribution in [0.1, 0.15) is 145 Å². The number of carboxylic acid groups (broad SMARTS) is 1. The van der Waals surface area contributed by atoms with Crippen molar-refractivity contribution in [2.24, 2.45) is 4.99 Å². The van der Waals surface area contributed by atoms with E-state index in [1.165, 1.54) is 0 Å². The number of hydrogen-bond donors (Lipinski definition) is 4. The van der Waals surface area contributed by atoms with Crippen LogP contribution in [-0.2, 0) is 44.8 Å². The molecule has 2 aliphatic rings. The fourth-order valence-corrected chi connectivity index (χ4v) is 5.40. The third kappa shape index (κ3) is 29.6. The van der Waals surface area contributed by atoms with E-state index in [-0.39, 0.29) is 46.9 Å². The van der Waals surface area contributed by atoms with Gasteiger partial charge in [-0.25, -0.2) is 4.79 Å². The number of carbonyl (C=O) groups is 6. The lowest BCUT2D eigenvalue weighted by molar-refractivity contribution is -0.149. The number of allylic oxidation sites excluding steroid dienone is 2. The molecule has 59 heavy (non-hydrogen) atoms. The van der Waals surface area contributed by atoms with Gasteiger partial charge in [-0.1, -0.05) is 89.4 Å². The van der Waals surface area contributed by atoms with Crippen molar-refractivity contribution in [2.75, 3.05) is 27.0 Å². The Morgan fingerprint density at radius 3 is 1.90 bits per heavy atom. The first-order valence-electron chi connectivity index (χ1n) is 22.4. The number of hydrogen-bond acceptors (Lipinski definition) is 10. The van der Waals surface area contributed by atoms with Crippen molar-refractivity contribution in [3.8, 4) is 0 Å². The molecule has 16 nitrogen and oxygen atoms in total. The molecule has 1 aromatic carbocycles. The highest BCUT2D eigenvalue weighted by atomic mass is 16.6. The first-order chi connectivity index (χ1) is 29.8. The highest BCUT2D eigenvalue weighted by Gasteiger charge is 2.19. The number of amides is 3. The van der Waals surface area contributed by atoms with Gasteiger partial charge in [-0.3, -0.25) is 40.0 Å². The van der Waals surface area contributed by atoms with Gasteiger partial charge in [0.25, 0.3) is 6.47 Å². The van der Waals surface area contributed by atoms with E-state index in [1.54, 1.807) is 38.1 Å². The summed E-state index contributed by atoms with van der Waals surface area (Å²) >= 11 is 0. The summed E-state index contributed by atoms with van der Waals surface area (Å²) in [5.41, 5.74) is 0.707. The average molecular weight is 839 g/mol. The molecule has 3 rings (SSSR count). The van der Waals surface area contributed by atoms with E-state index in [0.29, 0.717) is 34.6 Å². The van der Waals surface area contributed by atoms with Gasteiger partial charge >= 0.3 is 18.0 Å². The molecular weight excluding hydrogens is 761 g/mol. The molecule has 2 atom stereocenters. The number of benzene rings is 1. The third-order valence-corrected chi connectivity index (χ3v) is 8.36. The first kappa shape index (κ1) is 44.8. The summed E-state index contributed by atoms with van der Waals surface area (Å²) in [7, 11) is 0. The number of aliphatic imine (C=N–C) groups is 1. The second kappa shape index (κ2) is 34.7. The lowest BCUT2D eigenvalue weighted by atomic mass is 10.1. The Hall–Kier alpha value is -5.28. The van der Waals surface area contributed by atoms with Crippen molar-refractivity contribution in [3.05, 3.63) is 48.0 Å². The lowest BCUT2D eigenvalue weighted by Crippen LogP contribution is -2.45. The van der Waals surface area contributed by atoms with E-state index >= 15 is 0 Å². The maximum absolute atomic E-state index is 12.5. The second-order valence-corrected chi connectivity index (χ2v) is 13.5. The van der Waals surface area contributed by atoms with Gasteiger partial charge in [0.1, 0.15) is 19.7 Å². The Kier molecular flexibility index (Phi) is 26.4. The number of likely N-dealkylation sites (N-methyl/N-ethyl adjacent to an activating group) is 2. The number of guanidine groups is 2. The summed E-state index contributed by atoms with van der Waals surface area (Å²) in [4.78, 5) is 74.5. The third-order valence-electron chi connectivity index (χ3n) is 8.36. The summed E-state index contributed by atoms with van der Waals surface area (Å²) in [5.74, 6) is -3.64. The molecule has 0 aliphatic carbocycles. The molecular formula is C43H72N6O10. The van der Waals surface area contributed by atoms with E-state index in [1.807, 2.05) is 6.07 Å². The molecule has 0 aromatic heterocycles. The predicted molar refractivity (Wildman–Crippen MR) is 230 cm³/mol. The van der Waals surface area contributed by atoms with Crippen LogP contribution in [0.5, 0.6) is 0 Å². The fourth-order valence-electron chi connectivity index (χ4n) is 5.40. The van der Waals surface area contributed by atoms with Crippen molar-refractivity contribution in [3.63, 3.8) is 0 Å². The van der Waals surface area contributed by atoms with Crippen LogP contribution in [0.25, 0.3) is 0 Å². The van der Waals surface area contributed by atoms with E-state index in [4.69, 9.17) is 37.7 Å². The molecule has 3 amide bonds. The van der Waals surface area contributed by atoms with E-state index < -0.39 is 74.9 Å². The summed E-state index contributed by atoms with van der Waals surface area (Å²) in [6, 6.07) is 8.86. The number of esters is 2. The number of cyclic esters (lactones) is 2. The van der Waals surface area contributed by atoms with Crippen molar-refractivity contribution >= 4 is 48.2 Å². The quantitative estimate of drug-likeness (QED) is 0.0995. The van der Waals surface area contributed by atoms with Crippen LogP contribution < -0.4 is 10.6 Å². The Balaban J connectivity index is 0. The monoisotopic (exact) mass is 839 g/mol. The minimum absolute atomic E-state index is 0. The molecule has 16 heteroatoms. The van der Waals surface area contributed by atoms with Crippen molar-refractivity contribution < 1.29 is 56.3 Å². The van der Waals surface area contributed by atoms with E-state index in [2.05, 4.69) is 27.8 Å². The largest absolute Gasteiger partial charge is 0.483 e. The molecule has 0 saturated carbocycles. The summed E-state index contributed by atoms with van der Waals surface area (Å²) in [6.07, 6.45) is 14.7. The van der Waals surface area contributed by atoms with Crippen LogP contribution in [0.2, 0.25) is 0 Å². The molecule has 334 valence electrons. The maximum Gasteiger partial charge on any atom is 0.437 e. The normalized spacial score (nSPS) is 23.1. The summed E-state index contributed by atoms with van der Waals surface area (Å²) < 4.78 is 61.8. The van der Waals surface area contributed by atoms with Gasteiger partial charge in [-0.15, -0.1) is 4.99 Å². The van der Waals surface area contributed by atoms with Crippen LogP contribution in [0, 0.1) is 5.41 Å². The molecule has 4 N–H and O–H groups in total. The predicted octanol–water partition coefficient (Wildman–Crippen LogP) is 7.36. The van der Waals surface area contributed by atoms with Crippen LogP contribution in [0.4, 0.5) is 4.79 Å².